The van der Waals surface area contributed by atoms with Gasteiger partial charge in [0.25, 0.3) is 0 Å². The molecule has 2 heterocycles. The van der Waals surface area contributed by atoms with Crippen LogP contribution in [0.2, 0.25) is 0 Å². The first-order chi connectivity index (χ1) is 13.8. The summed E-state index contributed by atoms with van der Waals surface area (Å²) >= 11 is 0. The van der Waals surface area contributed by atoms with Crippen molar-refractivity contribution in [3.8, 4) is 0 Å². The van der Waals surface area contributed by atoms with Crippen LogP contribution in [0.4, 0.5) is 0 Å². The lowest BCUT2D eigenvalue weighted by Crippen LogP contribution is -2.60. The molecule has 3 rings (SSSR count). The van der Waals surface area contributed by atoms with Gasteiger partial charge in [-0.05, 0) is 57.7 Å². The molecule has 3 aliphatic rings. The topological polar surface area (TPSA) is 52.1 Å². The molecule has 6 nitrogen and oxygen atoms in total. The molecule has 1 aliphatic carbocycles. The summed E-state index contributed by atoms with van der Waals surface area (Å²) < 4.78 is 5.61. The van der Waals surface area contributed by atoms with Gasteiger partial charge in [0.05, 0.1) is 13.2 Å². The Hall–Kier alpha value is -0.120. The van der Waals surface area contributed by atoms with Gasteiger partial charge in [-0.25, -0.2) is 0 Å². The van der Waals surface area contributed by atoms with Crippen LogP contribution in [-0.4, -0.2) is 87.4 Å². The van der Waals surface area contributed by atoms with Crippen molar-refractivity contribution < 1.29 is 4.74 Å². The zero-order valence-corrected chi connectivity index (χ0v) is 21.1. The highest BCUT2D eigenvalue weighted by Gasteiger charge is 2.38. The first kappa shape index (κ1) is 25.1. The van der Waals surface area contributed by atoms with Crippen LogP contribution in [0.15, 0.2) is 4.99 Å². The van der Waals surface area contributed by atoms with E-state index in [1.54, 1.807) is 0 Å². The second kappa shape index (κ2) is 13.3. The number of nitrogens with one attached hydrogen (secondary N) is 2. The third-order valence-corrected chi connectivity index (χ3v) is 7.08. The number of likely N-dealkylation sites (tertiary alicyclic amines) is 1. The van der Waals surface area contributed by atoms with E-state index in [1.807, 2.05) is 7.05 Å². The number of rotatable bonds is 7. The summed E-state index contributed by atoms with van der Waals surface area (Å²) in [5.74, 6) is 1.75. The van der Waals surface area contributed by atoms with E-state index in [9.17, 15) is 0 Å². The van der Waals surface area contributed by atoms with Crippen LogP contribution in [0.1, 0.15) is 58.3 Å². The predicted octanol–water partition coefficient (Wildman–Crippen LogP) is 2.93. The van der Waals surface area contributed by atoms with Crippen molar-refractivity contribution in [2.75, 3.05) is 66.1 Å². The van der Waals surface area contributed by atoms with Crippen molar-refractivity contribution in [1.29, 1.82) is 0 Å². The van der Waals surface area contributed by atoms with Crippen LogP contribution in [0.3, 0.4) is 0 Å². The first-order valence-electron chi connectivity index (χ1n) is 11.8. The molecule has 2 N–H and O–H groups in total. The Bertz CT molecular complexity index is 470. The lowest BCUT2D eigenvalue weighted by Gasteiger charge is -2.48. The van der Waals surface area contributed by atoms with Crippen LogP contribution in [-0.2, 0) is 4.74 Å². The molecule has 0 atom stereocenters. The fraction of sp³-hybridized carbons (Fsp3) is 0.955. The molecule has 3 fully saturated rings. The fourth-order valence-corrected chi connectivity index (χ4v) is 5.29. The fourth-order valence-electron chi connectivity index (χ4n) is 5.29. The standard InChI is InChI=1S/C22H43N5O.HI/c1-3-11-26-12-7-20(8-13-26)18-24-21(23-2)25-19-22(9-5-4-6-10-22)27-14-16-28-17-15-27;/h20H,3-19H2,1-2H3,(H2,23,24,25);1H. The first-order valence-corrected chi connectivity index (χ1v) is 11.8. The SMILES string of the molecule is CCCN1CCC(CNC(=NC)NCC2(N3CCOCC3)CCCCC2)CC1.I. The normalized spacial score (nSPS) is 24.7. The summed E-state index contributed by atoms with van der Waals surface area (Å²) in [5.41, 5.74) is 0.283. The van der Waals surface area contributed by atoms with Crippen molar-refractivity contribution in [2.45, 2.75) is 63.8 Å². The molecule has 29 heavy (non-hydrogen) atoms. The number of piperidine rings is 1. The maximum Gasteiger partial charge on any atom is 0.191 e. The monoisotopic (exact) mass is 521 g/mol. The lowest BCUT2D eigenvalue weighted by atomic mass is 9.80. The molecule has 0 aromatic rings. The molecular formula is C22H44IN5O. The third kappa shape index (κ3) is 7.51. The molecule has 0 aromatic heterocycles. The minimum absolute atomic E-state index is 0. The smallest absolute Gasteiger partial charge is 0.191 e. The van der Waals surface area contributed by atoms with Gasteiger partial charge in [0, 0.05) is 38.8 Å². The Kier molecular flexibility index (Phi) is 11.6. The predicted molar refractivity (Wildman–Crippen MR) is 132 cm³/mol. The minimum Gasteiger partial charge on any atom is -0.379 e. The Morgan fingerprint density at radius 1 is 1.03 bits per heavy atom. The molecule has 7 heteroatoms. The van der Waals surface area contributed by atoms with Crippen LogP contribution in [0, 0.1) is 5.92 Å². The second-order valence-corrected chi connectivity index (χ2v) is 8.98. The average Bonchev–Trinajstić information content (AvgIpc) is 2.76. The molecule has 0 radical (unpaired) electrons. The highest BCUT2D eigenvalue weighted by Crippen LogP contribution is 2.33. The van der Waals surface area contributed by atoms with Crippen LogP contribution in [0.25, 0.3) is 0 Å². The molecule has 2 aliphatic heterocycles. The summed E-state index contributed by atoms with van der Waals surface area (Å²) in [5, 5.41) is 7.31. The van der Waals surface area contributed by atoms with Gasteiger partial charge >= 0.3 is 0 Å². The Labute approximate surface area is 195 Å². The minimum atomic E-state index is 0. The number of guanidine groups is 1. The molecule has 170 valence electrons. The van der Waals surface area contributed by atoms with E-state index in [2.05, 4.69) is 32.3 Å². The van der Waals surface area contributed by atoms with E-state index in [0.29, 0.717) is 0 Å². The maximum absolute atomic E-state index is 5.61. The van der Waals surface area contributed by atoms with Crippen molar-refractivity contribution in [3.05, 3.63) is 0 Å². The van der Waals surface area contributed by atoms with Crippen molar-refractivity contribution >= 4 is 29.9 Å². The Morgan fingerprint density at radius 2 is 1.72 bits per heavy atom. The van der Waals surface area contributed by atoms with Gasteiger partial charge in [-0.1, -0.05) is 26.2 Å². The Morgan fingerprint density at radius 3 is 2.34 bits per heavy atom. The van der Waals surface area contributed by atoms with Crippen LogP contribution < -0.4 is 10.6 Å². The van der Waals surface area contributed by atoms with Gasteiger partial charge < -0.3 is 20.3 Å². The van der Waals surface area contributed by atoms with Gasteiger partial charge in [0.1, 0.15) is 0 Å². The molecule has 0 unspecified atom stereocenters. The van der Waals surface area contributed by atoms with Gasteiger partial charge in [-0.15, -0.1) is 24.0 Å². The van der Waals surface area contributed by atoms with Crippen molar-refractivity contribution in [1.82, 2.24) is 20.4 Å². The van der Waals surface area contributed by atoms with Crippen LogP contribution >= 0.6 is 24.0 Å². The van der Waals surface area contributed by atoms with E-state index in [-0.39, 0.29) is 29.5 Å². The maximum atomic E-state index is 5.61. The molecule has 0 aromatic carbocycles. The number of ether oxygens (including phenoxy) is 1. The largest absolute Gasteiger partial charge is 0.379 e. The molecular weight excluding hydrogens is 477 g/mol. The quantitative estimate of drug-likeness (QED) is 0.307. The highest BCUT2D eigenvalue weighted by atomic mass is 127. The van der Waals surface area contributed by atoms with Crippen LogP contribution in [0.5, 0.6) is 0 Å². The summed E-state index contributed by atoms with van der Waals surface area (Å²) in [6.45, 7) is 12.0. The summed E-state index contributed by atoms with van der Waals surface area (Å²) in [6, 6.07) is 0. The number of aliphatic imine (C=N–C) groups is 1. The van der Waals surface area contributed by atoms with Crippen molar-refractivity contribution in [2.24, 2.45) is 10.9 Å². The number of hydrogen-bond acceptors (Lipinski definition) is 4. The van der Waals surface area contributed by atoms with E-state index in [4.69, 9.17) is 4.74 Å². The highest BCUT2D eigenvalue weighted by molar-refractivity contribution is 14.0. The van der Waals surface area contributed by atoms with Gasteiger partial charge in [-0.3, -0.25) is 9.89 Å². The molecule has 0 spiro atoms. The Balaban J connectivity index is 0.00000300. The number of hydrogen-bond donors (Lipinski definition) is 2. The molecule has 2 saturated heterocycles. The van der Waals surface area contributed by atoms with E-state index < -0.39 is 0 Å². The number of halogens is 1. The number of nitrogens with zero attached hydrogens (tertiary/aromatic N) is 3. The van der Waals surface area contributed by atoms with Gasteiger partial charge in [0.15, 0.2) is 5.96 Å². The summed E-state index contributed by atoms with van der Waals surface area (Å²) in [4.78, 5) is 9.82. The third-order valence-electron chi connectivity index (χ3n) is 7.08. The van der Waals surface area contributed by atoms with E-state index in [1.165, 1.54) is 71.0 Å². The van der Waals surface area contributed by atoms with E-state index in [0.717, 1.165) is 51.3 Å². The zero-order chi connectivity index (χ0) is 19.7. The zero-order valence-electron chi connectivity index (χ0n) is 18.8. The van der Waals surface area contributed by atoms with Gasteiger partial charge in [-0.2, -0.15) is 0 Å². The average molecular weight is 522 g/mol. The summed E-state index contributed by atoms with van der Waals surface area (Å²) in [6.07, 6.45) is 10.6. The number of morpholine rings is 1. The van der Waals surface area contributed by atoms with E-state index >= 15 is 0 Å². The molecule has 1 saturated carbocycles. The molecule has 0 amide bonds. The van der Waals surface area contributed by atoms with Gasteiger partial charge in [0.2, 0.25) is 0 Å². The van der Waals surface area contributed by atoms with Crippen molar-refractivity contribution in [3.63, 3.8) is 0 Å². The molecule has 0 bridgehead atoms. The second-order valence-electron chi connectivity index (χ2n) is 8.98. The summed E-state index contributed by atoms with van der Waals surface area (Å²) in [7, 11) is 1.90. The lowest BCUT2D eigenvalue weighted by molar-refractivity contribution is -0.0352.